The standard InChI is InChI=1S/C34H47N5O6/c1-25-33(42)35-17-7-19-38(23-27-11-15-29(16-12-27)45-24-32(41)39-20-4-5-21-39)18-6-8-31(40)36-30(34(43)37(25)2)22-26-9-13-28(44-3)14-10-26/h9-16,25,30H,4-8,17-24H2,1-3H3,(H,35,42)(H,36,40)/t25-,30-/m0/s1. The van der Waals surface area contributed by atoms with Gasteiger partial charge in [-0.1, -0.05) is 24.3 Å². The van der Waals surface area contributed by atoms with E-state index in [1.807, 2.05) is 53.4 Å². The van der Waals surface area contributed by atoms with Crippen molar-refractivity contribution in [2.75, 3.05) is 53.5 Å². The number of ether oxygens (including phenoxy) is 2. The first-order chi connectivity index (χ1) is 21.7. The molecule has 0 aliphatic carbocycles. The van der Waals surface area contributed by atoms with Crippen molar-refractivity contribution in [3.63, 3.8) is 0 Å². The van der Waals surface area contributed by atoms with Gasteiger partial charge in [-0.3, -0.25) is 24.1 Å². The van der Waals surface area contributed by atoms with Gasteiger partial charge in [0.05, 0.1) is 7.11 Å². The van der Waals surface area contributed by atoms with Crippen molar-refractivity contribution in [3.05, 3.63) is 59.7 Å². The molecule has 2 atom stereocenters. The van der Waals surface area contributed by atoms with Gasteiger partial charge in [0.2, 0.25) is 17.7 Å². The third-order valence-electron chi connectivity index (χ3n) is 8.52. The first kappa shape index (κ1) is 33.8. The van der Waals surface area contributed by atoms with Crippen LogP contribution in [0.3, 0.4) is 0 Å². The molecule has 2 heterocycles. The zero-order chi connectivity index (χ0) is 32.2. The lowest BCUT2D eigenvalue weighted by molar-refractivity contribution is -0.141. The molecule has 2 N–H and O–H groups in total. The van der Waals surface area contributed by atoms with Crippen LogP contribution in [-0.4, -0.2) is 104 Å². The highest BCUT2D eigenvalue weighted by Gasteiger charge is 2.30. The number of benzene rings is 2. The average Bonchev–Trinajstić information content (AvgIpc) is 3.60. The highest BCUT2D eigenvalue weighted by atomic mass is 16.5. The maximum Gasteiger partial charge on any atom is 0.260 e. The summed E-state index contributed by atoms with van der Waals surface area (Å²) in [5.74, 6) is 0.628. The highest BCUT2D eigenvalue weighted by molar-refractivity contribution is 5.92. The van der Waals surface area contributed by atoms with Gasteiger partial charge in [0, 0.05) is 52.6 Å². The lowest BCUT2D eigenvalue weighted by atomic mass is 10.0. The number of amides is 4. The summed E-state index contributed by atoms with van der Waals surface area (Å²) in [7, 11) is 3.19. The Labute approximate surface area is 266 Å². The minimum Gasteiger partial charge on any atom is -0.497 e. The van der Waals surface area contributed by atoms with Crippen LogP contribution in [0.15, 0.2) is 48.5 Å². The molecule has 11 nitrogen and oxygen atoms in total. The number of carbonyl (C=O) groups is 4. The number of hydrogen-bond donors (Lipinski definition) is 2. The number of methoxy groups -OCH3 is 1. The zero-order valence-electron chi connectivity index (χ0n) is 26.8. The topological polar surface area (TPSA) is 121 Å². The van der Waals surface area contributed by atoms with Gasteiger partial charge in [-0.15, -0.1) is 0 Å². The van der Waals surface area contributed by atoms with Crippen molar-refractivity contribution in [2.24, 2.45) is 0 Å². The molecule has 244 valence electrons. The Bertz CT molecular complexity index is 1280. The second-order valence-electron chi connectivity index (χ2n) is 11.8. The Hall–Kier alpha value is -4.12. The third-order valence-corrected chi connectivity index (χ3v) is 8.52. The molecule has 0 unspecified atom stereocenters. The molecule has 0 saturated carbocycles. The molecule has 0 bridgehead atoms. The van der Waals surface area contributed by atoms with Gasteiger partial charge in [-0.2, -0.15) is 0 Å². The second-order valence-corrected chi connectivity index (χ2v) is 11.8. The minimum atomic E-state index is -0.807. The fourth-order valence-electron chi connectivity index (χ4n) is 5.62. The van der Waals surface area contributed by atoms with Crippen molar-refractivity contribution in [1.29, 1.82) is 0 Å². The number of nitrogens with zero attached hydrogens (tertiary/aromatic N) is 3. The summed E-state index contributed by atoms with van der Waals surface area (Å²) in [4.78, 5) is 57.3. The summed E-state index contributed by atoms with van der Waals surface area (Å²) in [6.45, 7) is 5.90. The molecule has 2 aromatic rings. The van der Waals surface area contributed by atoms with E-state index in [1.165, 1.54) is 4.90 Å². The molecule has 4 rings (SSSR count). The number of rotatable bonds is 8. The van der Waals surface area contributed by atoms with Crippen LogP contribution in [0.4, 0.5) is 0 Å². The van der Waals surface area contributed by atoms with Crippen LogP contribution < -0.4 is 20.1 Å². The van der Waals surface area contributed by atoms with Crippen molar-refractivity contribution in [3.8, 4) is 11.5 Å². The van der Waals surface area contributed by atoms with E-state index in [9.17, 15) is 19.2 Å². The maximum atomic E-state index is 13.5. The zero-order valence-corrected chi connectivity index (χ0v) is 26.8. The molecule has 2 aliphatic heterocycles. The molecule has 2 saturated heterocycles. The van der Waals surface area contributed by atoms with E-state index in [0.29, 0.717) is 44.0 Å². The molecule has 11 heteroatoms. The normalized spacial score (nSPS) is 21.0. The summed E-state index contributed by atoms with van der Waals surface area (Å²) in [5.41, 5.74) is 1.96. The Morgan fingerprint density at radius 2 is 1.51 bits per heavy atom. The van der Waals surface area contributed by atoms with Gasteiger partial charge in [0.1, 0.15) is 23.6 Å². The summed E-state index contributed by atoms with van der Waals surface area (Å²) in [6.07, 6.45) is 4.02. The van der Waals surface area contributed by atoms with Gasteiger partial charge in [0.15, 0.2) is 6.61 Å². The van der Waals surface area contributed by atoms with Gasteiger partial charge in [-0.25, -0.2) is 0 Å². The molecule has 45 heavy (non-hydrogen) atoms. The average molecular weight is 622 g/mol. The van der Waals surface area contributed by atoms with Crippen LogP contribution in [0.25, 0.3) is 0 Å². The van der Waals surface area contributed by atoms with Gasteiger partial charge < -0.3 is 29.9 Å². The molecule has 0 aromatic heterocycles. The smallest absolute Gasteiger partial charge is 0.260 e. The first-order valence-electron chi connectivity index (χ1n) is 15.9. The fraction of sp³-hybridized carbons (Fsp3) is 0.529. The second kappa shape index (κ2) is 16.8. The van der Waals surface area contributed by atoms with E-state index in [-0.39, 0.29) is 36.7 Å². The van der Waals surface area contributed by atoms with Crippen LogP contribution in [-0.2, 0) is 32.1 Å². The SMILES string of the molecule is COc1ccc(C[C@@H]2NC(=O)CCCN(Cc3ccc(OCC(=O)N4CCCC4)cc3)CCCNC(=O)[C@H](C)N(C)C2=O)cc1. The van der Waals surface area contributed by atoms with Gasteiger partial charge in [0.25, 0.3) is 5.91 Å². The third kappa shape index (κ3) is 10.2. The van der Waals surface area contributed by atoms with Crippen LogP contribution in [0.5, 0.6) is 11.5 Å². The molecular formula is C34H47N5O6. The number of nitrogens with one attached hydrogen (secondary N) is 2. The monoisotopic (exact) mass is 621 g/mol. The lowest BCUT2D eigenvalue weighted by Crippen LogP contribution is -2.54. The lowest BCUT2D eigenvalue weighted by Gasteiger charge is -2.29. The molecular weight excluding hydrogens is 574 g/mol. The molecule has 2 aromatic carbocycles. The minimum absolute atomic E-state index is 0.0201. The largest absolute Gasteiger partial charge is 0.497 e. The van der Waals surface area contributed by atoms with E-state index in [2.05, 4.69) is 15.5 Å². The van der Waals surface area contributed by atoms with E-state index >= 15 is 0 Å². The maximum absolute atomic E-state index is 13.5. The first-order valence-corrected chi connectivity index (χ1v) is 15.9. The number of carbonyl (C=O) groups excluding carboxylic acids is 4. The quantitative estimate of drug-likeness (QED) is 0.465. The van der Waals surface area contributed by atoms with Crippen molar-refractivity contribution < 1.29 is 28.7 Å². The van der Waals surface area contributed by atoms with E-state index in [1.54, 1.807) is 21.1 Å². The summed E-state index contributed by atoms with van der Waals surface area (Å²) >= 11 is 0. The summed E-state index contributed by atoms with van der Waals surface area (Å²) in [5, 5.41) is 5.90. The predicted octanol–water partition coefficient (Wildman–Crippen LogP) is 2.37. The number of likely N-dealkylation sites (tertiary alicyclic amines) is 1. The molecule has 2 aliphatic rings. The Morgan fingerprint density at radius 1 is 0.867 bits per heavy atom. The van der Waals surface area contributed by atoms with Crippen LogP contribution in [0, 0.1) is 0 Å². The van der Waals surface area contributed by atoms with Crippen LogP contribution in [0.1, 0.15) is 50.2 Å². The Balaban J connectivity index is 1.37. The predicted molar refractivity (Wildman–Crippen MR) is 171 cm³/mol. The Morgan fingerprint density at radius 3 is 2.20 bits per heavy atom. The number of likely N-dealkylation sites (N-methyl/N-ethyl adjacent to an activating group) is 1. The van der Waals surface area contributed by atoms with E-state index in [4.69, 9.17) is 9.47 Å². The summed E-state index contributed by atoms with van der Waals surface area (Å²) in [6, 6.07) is 13.6. The van der Waals surface area contributed by atoms with Crippen molar-refractivity contribution in [2.45, 2.75) is 64.1 Å². The van der Waals surface area contributed by atoms with Crippen molar-refractivity contribution in [1.82, 2.24) is 25.3 Å². The summed E-state index contributed by atoms with van der Waals surface area (Å²) < 4.78 is 11.0. The van der Waals surface area contributed by atoms with E-state index in [0.717, 1.165) is 50.0 Å². The van der Waals surface area contributed by atoms with Crippen LogP contribution in [0.2, 0.25) is 0 Å². The molecule has 0 spiro atoms. The number of hydrogen-bond acceptors (Lipinski definition) is 7. The van der Waals surface area contributed by atoms with Crippen molar-refractivity contribution >= 4 is 23.6 Å². The van der Waals surface area contributed by atoms with Gasteiger partial charge >= 0.3 is 0 Å². The molecule has 4 amide bonds. The fourth-order valence-corrected chi connectivity index (χ4v) is 5.62. The van der Waals surface area contributed by atoms with Crippen LogP contribution >= 0.6 is 0 Å². The Kier molecular flexibility index (Phi) is 12.6. The van der Waals surface area contributed by atoms with E-state index < -0.39 is 12.1 Å². The van der Waals surface area contributed by atoms with Gasteiger partial charge in [-0.05, 0) is 74.5 Å². The molecule has 0 radical (unpaired) electrons. The molecule has 2 fully saturated rings. The highest BCUT2D eigenvalue weighted by Crippen LogP contribution is 2.17.